The van der Waals surface area contributed by atoms with Gasteiger partial charge in [0.05, 0.1) is 5.69 Å². The van der Waals surface area contributed by atoms with Crippen molar-refractivity contribution in [2.45, 2.75) is 45.6 Å². The largest absolute Gasteiger partial charge is 0.383 e. The fourth-order valence-electron chi connectivity index (χ4n) is 2.60. The van der Waals surface area contributed by atoms with Crippen LogP contribution in [0, 0.1) is 5.82 Å². The molecule has 18 heavy (non-hydrogen) atoms. The van der Waals surface area contributed by atoms with Gasteiger partial charge in [-0.05, 0) is 44.4 Å². The van der Waals surface area contributed by atoms with Crippen LogP contribution in [0.2, 0.25) is 0 Å². The van der Waals surface area contributed by atoms with Gasteiger partial charge in [-0.3, -0.25) is 0 Å². The summed E-state index contributed by atoms with van der Waals surface area (Å²) in [6.45, 7) is 6.26. The van der Waals surface area contributed by atoms with E-state index in [1.807, 2.05) is 12.1 Å². The molecule has 1 heterocycles. The van der Waals surface area contributed by atoms with Crippen LogP contribution in [-0.2, 0) is 0 Å². The lowest BCUT2D eigenvalue weighted by molar-refractivity contribution is 0.622. The van der Waals surface area contributed by atoms with Crippen molar-refractivity contribution in [3.8, 4) is 0 Å². The van der Waals surface area contributed by atoms with Gasteiger partial charge in [0, 0.05) is 24.8 Å². The summed E-state index contributed by atoms with van der Waals surface area (Å²) in [6, 6.07) is 5.91. The maximum atomic E-state index is 14.1. The smallest absolute Gasteiger partial charge is 0.148 e. The van der Waals surface area contributed by atoms with E-state index in [9.17, 15) is 4.39 Å². The lowest BCUT2D eigenvalue weighted by Crippen LogP contribution is -2.19. The Morgan fingerprint density at radius 1 is 1.33 bits per heavy atom. The van der Waals surface area contributed by atoms with Crippen LogP contribution in [0.15, 0.2) is 18.2 Å². The molecule has 1 aliphatic rings. The molecule has 1 aliphatic heterocycles. The minimum atomic E-state index is -0.106. The number of nitrogens with one attached hydrogen (secondary N) is 1. The molecule has 1 N–H and O–H groups in total. The van der Waals surface area contributed by atoms with Crippen molar-refractivity contribution in [2.24, 2.45) is 0 Å². The molecular weight excluding hydrogens is 227 g/mol. The first kappa shape index (κ1) is 13.2. The minimum Gasteiger partial charge on any atom is -0.383 e. The molecule has 0 bridgehead atoms. The first-order valence-electron chi connectivity index (χ1n) is 7.01. The summed E-state index contributed by atoms with van der Waals surface area (Å²) in [6.07, 6.45) is 4.60. The van der Waals surface area contributed by atoms with Gasteiger partial charge in [-0.2, -0.15) is 0 Å². The Morgan fingerprint density at radius 3 is 2.67 bits per heavy atom. The highest BCUT2D eigenvalue weighted by Crippen LogP contribution is 2.26. The highest BCUT2D eigenvalue weighted by Gasteiger charge is 2.16. The van der Waals surface area contributed by atoms with E-state index in [0.29, 0.717) is 6.04 Å². The minimum absolute atomic E-state index is 0.106. The molecule has 0 spiro atoms. The van der Waals surface area contributed by atoms with Gasteiger partial charge in [-0.1, -0.05) is 13.3 Å². The summed E-state index contributed by atoms with van der Waals surface area (Å²) in [4.78, 5) is 2.13. The summed E-state index contributed by atoms with van der Waals surface area (Å²) < 4.78 is 14.1. The van der Waals surface area contributed by atoms with E-state index in [1.165, 1.54) is 12.8 Å². The van der Waals surface area contributed by atoms with Crippen molar-refractivity contribution >= 4 is 11.4 Å². The predicted octanol–water partition coefficient (Wildman–Crippen LogP) is 4.03. The van der Waals surface area contributed by atoms with Crippen LogP contribution >= 0.6 is 0 Å². The van der Waals surface area contributed by atoms with Gasteiger partial charge >= 0.3 is 0 Å². The molecule has 100 valence electrons. The van der Waals surface area contributed by atoms with E-state index in [1.54, 1.807) is 6.07 Å². The van der Waals surface area contributed by atoms with Crippen LogP contribution in [0.5, 0.6) is 0 Å². The van der Waals surface area contributed by atoms with Crippen molar-refractivity contribution in [3.63, 3.8) is 0 Å². The first-order valence-corrected chi connectivity index (χ1v) is 7.01. The topological polar surface area (TPSA) is 15.3 Å². The molecule has 1 atom stereocenters. The summed E-state index contributed by atoms with van der Waals surface area (Å²) in [7, 11) is 0. The normalized spacial score (nSPS) is 16.9. The van der Waals surface area contributed by atoms with Crippen LogP contribution < -0.4 is 10.2 Å². The third-order valence-corrected chi connectivity index (χ3v) is 3.53. The van der Waals surface area contributed by atoms with E-state index in [0.717, 1.165) is 37.3 Å². The van der Waals surface area contributed by atoms with Crippen LogP contribution in [0.1, 0.15) is 39.5 Å². The lowest BCUT2D eigenvalue weighted by Gasteiger charge is -2.20. The molecule has 1 saturated heterocycles. The molecule has 1 fully saturated rings. The lowest BCUT2D eigenvalue weighted by atomic mass is 10.1. The van der Waals surface area contributed by atoms with Gasteiger partial charge in [-0.15, -0.1) is 0 Å². The first-order chi connectivity index (χ1) is 8.70. The van der Waals surface area contributed by atoms with Crippen molar-refractivity contribution in [1.29, 1.82) is 0 Å². The molecule has 1 aromatic carbocycles. The highest BCUT2D eigenvalue weighted by atomic mass is 19.1. The fraction of sp³-hybridized carbons (Fsp3) is 0.600. The number of benzene rings is 1. The molecule has 0 aromatic heterocycles. The number of anilines is 2. The van der Waals surface area contributed by atoms with Crippen LogP contribution in [0.4, 0.5) is 15.8 Å². The number of halogens is 1. The molecule has 0 amide bonds. The predicted molar refractivity (Wildman–Crippen MR) is 75.8 cm³/mol. The summed E-state index contributed by atoms with van der Waals surface area (Å²) in [5.74, 6) is -0.106. The number of rotatable bonds is 5. The Hall–Kier alpha value is -1.25. The Labute approximate surface area is 109 Å². The van der Waals surface area contributed by atoms with Gasteiger partial charge in [0.1, 0.15) is 5.82 Å². The second kappa shape index (κ2) is 6.07. The van der Waals surface area contributed by atoms with Gasteiger partial charge in [-0.25, -0.2) is 4.39 Å². The van der Waals surface area contributed by atoms with E-state index in [4.69, 9.17) is 0 Å². The zero-order chi connectivity index (χ0) is 13.0. The van der Waals surface area contributed by atoms with Crippen molar-refractivity contribution in [2.75, 3.05) is 23.3 Å². The molecule has 2 nitrogen and oxygen atoms in total. The third kappa shape index (κ3) is 3.15. The van der Waals surface area contributed by atoms with Gasteiger partial charge in [0.25, 0.3) is 0 Å². The maximum Gasteiger partial charge on any atom is 0.148 e. The molecule has 3 heteroatoms. The van der Waals surface area contributed by atoms with Crippen LogP contribution in [-0.4, -0.2) is 19.1 Å². The second-order valence-electron chi connectivity index (χ2n) is 5.19. The molecule has 2 rings (SSSR count). The van der Waals surface area contributed by atoms with E-state index in [2.05, 4.69) is 24.1 Å². The molecular formula is C15H23FN2. The molecule has 0 saturated carbocycles. The van der Waals surface area contributed by atoms with Crippen molar-refractivity contribution in [3.05, 3.63) is 24.0 Å². The van der Waals surface area contributed by atoms with Crippen molar-refractivity contribution < 1.29 is 4.39 Å². The van der Waals surface area contributed by atoms with E-state index in [-0.39, 0.29) is 5.82 Å². The Morgan fingerprint density at radius 2 is 2.06 bits per heavy atom. The molecule has 1 unspecified atom stereocenters. The molecule has 1 aromatic rings. The zero-order valence-electron chi connectivity index (χ0n) is 11.4. The second-order valence-corrected chi connectivity index (χ2v) is 5.19. The zero-order valence-corrected chi connectivity index (χ0v) is 11.4. The summed E-state index contributed by atoms with van der Waals surface area (Å²) >= 11 is 0. The Balaban J connectivity index is 2.04. The standard InChI is InChI=1S/C15H23FN2/c1-3-6-12(2)17-13-7-8-15(14(16)11-13)18-9-4-5-10-18/h7-8,11-12,17H,3-6,9-10H2,1-2H3. The highest BCUT2D eigenvalue weighted by molar-refractivity contribution is 5.57. The summed E-state index contributed by atoms with van der Waals surface area (Å²) in [5, 5.41) is 3.34. The van der Waals surface area contributed by atoms with E-state index >= 15 is 0 Å². The third-order valence-electron chi connectivity index (χ3n) is 3.53. The van der Waals surface area contributed by atoms with Crippen molar-refractivity contribution in [1.82, 2.24) is 0 Å². The van der Waals surface area contributed by atoms with Gasteiger partial charge in [0.2, 0.25) is 0 Å². The van der Waals surface area contributed by atoms with Crippen LogP contribution in [0.3, 0.4) is 0 Å². The monoisotopic (exact) mass is 250 g/mol. The fourth-order valence-corrected chi connectivity index (χ4v) is 2.60. The number of hydrogen-bond donors (Lipinski definition) is 1. The van der Waals surface area contributed by atoms with Crippen LogP contribution in [0.25, 0.3) is 0 Å². The maximum absolute atomic E-state index is 14.1. The average molecular weight is 250 g/mol. The summed E-state index contributed by atoms with van der Waals surface area (Å²) in [5.41, 5.74) is 1.64. The number of hydrogen-bond acceptors (Lipinski definition) is 2. The average Bonchev–Trinajstić information content (AvgIpc) is 2.82. The van der Waals surface area contributed by atoms with Gasteiger partial charge < -0.3 is 10.2 Å². The quantitative estimate of drug-likeness (QED) is 0.849. The van der Waals surface area contributed by atoms with E-state index < -0.39 is 0 Å². The molecule has 0 aliphatic carbocycles. The van der Waals surface area contributed by atoms with Gasteiger partial charge in [0.15, 0.2) is 0 Å². The number of nitrogens with zero attached hydrogens (tertiary/aromatic N) is 1. The SMILES string of the molecule is CCCC(C)Nc1ccc(N2CCCC2)c(F)c1. The molecule has 0 radical (unpaired) electrons. The Kier molecular flexibility index (Phi) is 4.45. The Bertz CT molecular complexity index is 386.